The van der Waals surface area contributed by atoms with E-state index in [1.807, 2.05) is 31.2 Å². The lowest BCUT2D eigenvalue weighted by Crippen LogP contribution is -2.11. The first-order valence-electron chi connectivity index (χ1n) is 6.92. The predicted octanol–water partition coefficient (Wildman–Crippen LogP) is 3.66. The number of hydrogen-bond acceptors (Lipinski definition) is 2. The van der Waals surface area contributed by atoms with Crippen LogP contribution in [0.4, 0.5) is 5.69 Å². The van der Waals surface area contributed by atoms with E-state index in [4.69, 9.17) is 0 Å². The van der Waals surface area contributed by atoms with E-state index >= 15 is 0 Å². The normalized spacial score (nSPS) is 10.3. The number of nitrogens with zero attached hydrogens (tertiary/aromatic N) is 1. The van der Waals surface area contributed by atoms with E-state index in [1.54, 1.807) is 6.20 Å². The van der Waals surface area contributed by atoms with Gasteiger partial charge in [0.05, 0.1) is 0 Å². The van der Waals surface area contributed by atoms with E-state index in [9.17, 15) is 4.79 Å². The third-order valence-electron chi connectivity index (χ3n) is 3.29. The van der Waals surface area contributed by atoms with Gasteiger partial charge in [-0.2, -0.15) is 0 Å². The highest BCUT2D eigenvalue weighted by Gasteiger charge is 2.04. The summed E-state index contributed by atoms with van der Waals surface area (Å²) in [4.78, 5) is 16.0. The second kappa shape index (κ2) is 6.85. The SMILES string of the molecule is Cc1cc(NC(=O)CCCc2ccccc2C)ccn1. The summed E-state index contributed by atoms with van der Waals surface area (Å²) in [5.41, 5.74) is 4.33. The summed E-state index contributed by atoms with van der Waals surface area (Å²) in [6, 6.07) is 12.0. The first-order valence-corrected chi connectivity index (χ1v) is 6.92. The molecule has 1 aromatic carbocycles. The van der Waals surface area contributed by atoms with Gasteiger partial charge in [-0.15, -0.1) is 0 Å². The summed E-state index contributed by atoms with van der Waals surface area (Å²) in [5.74, 6) is 0.0594. The maximum absolute atomic E-state index is 11.9. The molecule has 1 N–H and O–H groups in total. The molecule has 3 heteroatoms. The van der Waals surface area contributed by atoms with E-state index in [2.05, 4.69) is 29.4 Å². The van der Waals surface area contributed by atoms with Crippen LogP contribution in [0.25, 0.3) is 0 Å². The number of aromatic nitrogens is 1. The fourth-order valence-electron chi connectivity index (χ4n) is 2.18. The number of carbonyl (C=O) groups is 1. The van der Waals surface area contributed by atoms with Crippen molar-refractivity contribution in [2.75, 3.05) is 5.32 Å². The van der Waals surface area contributed by atoms with Crippen LogP contribution >= 0.6 is 0 Å². The van der Waals surface area contributed by atoms with Crippen molar-refractivity contribution in [3.05, 3.63) is 59.4 Å². The summed E-state index contributed by atoms with van der Waals surface area (Å²) < 4.78 is 0. The smallest absolute Gasteiger partial charge is 0.224 e. The molecule has 20 heavy (non-hydrogen) atoms. The summed E-state index contributed by atoms with van der Waals surface area (Å²) in [6.07, 6.45) is 4.05. The van der Waals surface area contributed by atoms with Crippen LogP contribution in [-0.2, 0) is 11.2 Å². The van der Waals surface area contributed by atoms with Crippen LogP contribution < -0.4 is 5.32 Å². The van der Waals surface area contributed by atoms with E-state index in [0.29, 0.717) is 6.42 Å². The molecule has 2 rings (SSSR count). The maximum Gasteiger partial charge on any atom is 0.224 e. The number of aryl methyl sites for hydroxylation is 3. The molecule has 0 unspecified atom stereocenters. The molecule has 1 amide bonds. The predicted molar refractivity (Wildman–Crippen MR) is 81.7 cm³/mol. The zero-order valence-electron chi connectivity index (χ0n) is 12.0. The van der Waals surface area contributed by atoms with Crippen LogP contribution in [0.5, 0.6) is 0 Å². The molecule has 0 spiro atoms. The monoisotopic (exact) mass is 268 g/mol. The number of nitrogens with one attached hydrogen (secondary N) is 1. The Balaban J connectivity index is 1.80. The zero-order chi connectivity index (χ0) is 14.4. The Kier molecular flexibility index (Phi) is 4.88. The van der Waals surface area contributed by atoms with Crippen molar-refractivity contribution in [1.29, 1.82) is 0 Å². The number of carbonyl (C=O) groups excluding carboxylic acids is 1. The molecule has 0 aliphatic carbocycles. The van der Waals surface area contributed by atoms with Gasteiger partial charge in [0.15, 0.2) is 0 Å². The van der Waals surface area contributed by atoms with Crippen molar-refractivity contribution >= 4 is 11.6 Å². The first kappa shape index (κ1) is 14.3. The number of benzene rings is 1. The lowest BCUT2D eigenvalue weighted by Gasteiger charge is -2.07. The zero-order valence-corrected chi connectivity index (χ0v) is 12.0. The highest BCUT2D eigenvalue weighted by atomic mass is 16.1. The Morgan fingerprint density at radius 1 is 1.20 bits per heavy atom. The van der Waals surface area contributed by atoms with E-state index in [0.717, 1.165) is 24.2 Å². The van der Waals surface area contributed by atoms with E-state index in [1.165, 1.54) is 11.1 Å². The Morgan fingerprint density at radius 2 is 2.00 bits per heavy atom. The average Bonchev–Trinajstić information content (AvgIpc) is 2.41. The topological polar surface area (TPSA) is 42.0 Å². The van der Waals surface area contributed by atoms with Crippen molar-refractivity contribution in [2.24, 2.45) is 0 Å². The number of anilines is 1. The average molecular weight is 268 g/mol. The number of rotatable bonds is 5. The minimum Gasteiger partial charge on any atom is -0.326 e. The van der Waals surface area contributed by atoms with Crippen LogP contribution in [0.15, 0.2) is 42.6 Å². The van der Waals surface area contributed by atoms with Gasteiger partial charge >= 0.3 is 0 Å². The van der Waals surface area contributed by atoms with Crippen LogP contribution in [-0.4, -0.2) is 10.9 Å². The molecular formula is C17H20N2O. The molecule has 104 valence electrons. The fourth-order valence-corrected chi connectivity index (χ4v) is 2.18. The third kappa shape index (κ3) is 4.19. The van der Waals surface area contributed by atoms with Crippen molar-refractivity contribution in [1.82, 2.24) is 4.98 Å². The molecule has 0 fully saturated rings. The van der Waals surface area contributed by atoms with Gasteiger partial charge in [0.1, 0.15) is 0 Å². The summed E-state index contributed by atoms with van der Waals surface area (Å²) in [5, 5.41) is 2.90. The minimum atomic E-state index is 0.0594. The molecule has 1 aromatic heterocycles. The van der Waals surface area contributed by atoms with Crippen LogP contribution in [0.2, 0.25) is 0 Å². The number of amides is 1. The quantitative estimate of drug-likeness (QED) is 0.899. The number of pyridine rings is 1. The van der Waals surface area contributed by atoms with Gasteiger partial charge in [0.25, 0.3) is 0 Å². The van der Waals surface area contributed by atoms with Crippen LogP contribution in [0.3, 0.4) is 0 Å². The molecule has 3 nitrogen and oxygen atoms in total. The van der Waals surface area contributed by atoms with Gasteiger partial charge in [-0.25, -0.2) is 0 Å². The molecule has 0 saturated heterocycles. The molecule has 0 aliphatic heterocycles. The molecule has 0 bridgehead atoms. The van der Waals surface area contributed by atoms with Crippen LogP contribution in [0, 0.1) is 13.8 Å². The Hall–Kier alpha value is -2.16. The van der Waals surface area contributed by atoms with Crippen molar-refractivity contribution in [3.63, 3.8) is 0 Å². The Labute approximate surface area is 120 Å². The third-order valence-corrected chi connectivity index (χ3v) is 3.29. The lowest BCUT2D eigenvalue weighted by atomic mass is 10.0. The van der Waals surface area contributed by atoms with Gasteiger partial charge in [0.2, 0.25) is 5.91 Å². The van der Waals surface area contributed by atoms with Crippen molar-refractivity contribution in [2.45, 2.75) is 33.1 Å². The standard InChI is InChI=1S/C17H20N2O/c1-13-6-3-4-7-15(13)8-5-9-17(20)19-16-10-11-18-14(2)12-16/h3-4,6-7,10-12H,5,8-9H2,1-2H3,(H,18,19,20). The largest absolute Gasteiger partial charge is 0.326 e. The highest BCUT2D eigenvalue weighted by molar-refractivity contribution is 5.90. The highest BCUT2D eigenvalue weighted by Crippen LogP contribution is 2.12. The van der Waals surface area contributed by atoms with E-state index < -0.39 is 0 Å². The molecule has 0 radical (unpaired) electrons. The second-order valence-corrected chi connectivity index (χ2v) is 5.01. The van der Waals surface area contributed by atoms with Gasteiger partial charge in [-0.3, -0.25) is 9.78 Å². The summed E-state index contributed by atoms with van der Waals surface area (Å²) >= 11 is 0. The molecular weight excluding hydrogens is 248 g/mol. The molecule has 0 atom stereocenters. The van der Waals surface area contributed by atoms with Gasteiger partial charge in [0, 0.05) is 24.0 Å². The fraction of sp³-hybridized carbons (Fsp3) is 0.294. The van der Waals surface area contributed by atoms with Gasteiger partial charge in [-0.05, 0) is 49.9 Å². The summed E-state index contributed by atoms with van der Waals surface area (Å²) in [7, 11) is 0. The molecule has 0 saturated carbocycles. The van der Waals surface area contributed by atoms with Gasteiger partial charge in [-0.1, -0.05) is 24.3 Å². The minimum absolute atomic E-state index is 0.0594. The van der Waals surface area contributed by atoms with Crippen LogP contribution in [0.1, 0.15) is 29.7 Å². The molecule has 1 heterocycles. The maximum atomic E-state index is 11.9. The molecule has 2 aromatic rings. The van der Waals surface area contributed by atoms with Gasteiger partial charge < -0.3 is 5.32 Å². The van der Waals surface area contributed by atoms with Crippen molar-refractivity contribution in [3.8, 4) is 0 Å². The first-order chi connectivity index (χ1) is 9.65. The molecule has 0 aliphatic rings. The summed E-state index contributed by atoms with van der Waals surface area (Å²) in [6.45, 7) is 4.02. The van der Waals surface area contributed by atoms with Crippen molar-refractivity contribution < 1.29 is 4.79 Å². The number of hydrogen-bond donors (Lipinski definition) is 1. The lowest BCUT2D eigenvalue weighted by molar-refractivity contribution is -0.116. The Morgan fingerprint density at radius 3 is 2.75 bits per heavy atom. The Bertz CT molecular complexity index is 593. The van der Waals surface area contributed by atoms with E-state index in [-0.39, 0.29) is 5.91 Å². The second-order valence-electron chi connectivity index (χ2n) is 5.01.